The summed E-state index contributed by atoms with van der Waals surface area (Å²) in [6.45, 7) is -0.557. The molecule has 5 aromatic rings. The Hall–Kier alpha value is -6.59. The Morgan fingerprint density at radius 1 is 0.385 bits per heavy atom. The van der Waals surface area contributed by atoms with Crippen molar-refractivity contribution in [3.8, 4) is 0 Å². The number of benzene rings is 5. The molecule has 0 spiro atoms. The van der Waals surface area contributed by atoms with Crippen molar-refractivity contribution in [2.24, 2.45) is 0 Å². The molecule has 0 saturated carbocycles. The van der Waals surface area contributed by atoms with Gasteiger partial charge in [0.15, 0.2) is 12.2 Å². The summed E-state index contributed by atoms with van der Waals surface area (Å²) in [5.41, 5.74) is 0.762. The van der Waals surface area contributed by atoms with Crippen LogP contribution in [0, 0.1) is 0 Å². The second-order valence-corrected chi connectivity index (χ2v) is 11.5. The van der Waals surface area contributed by atoms with Gasteiger partial charge in [0.2, 0.25) is 12.4 Å². The highest BCUT2D eigenvalue weighted by molar-refractivity contribution is 5.92. The number of hydrogen-bond acceptors (Lipinski definition) is 11. The summed E-state index contributed by atoms with van der Waals surface area (Å²) in [7, 11) is 0. The van der Waals surface area contributed by atoms with Gasteiger partial charge in [-0.05, 0) is 60.7 Å². The number of rotatable bonds is 11. The first-order valence-corrected chi connectivity index (χ1v) is 16.3. The highest BCUT2D eigenvalue weighted by Crippen LogP contribution is 2.32. The van der Waals surface area contributed by atoms with Gasteiger partial charge in [0.05, 0.1) is 27.8 Å². The molecule has 0 N–H and O–H groups in total. The number of carbonyl (C=O) groups excluding carboxylic acids is 5. The van der Waals surface area contributed by atoms with Crippen LogP contribution >= 0.6 is 0 Å². The average molecular weight is 701 g/mol. The quantitative estimate of drug-likeness (QED) is 0.117. The summed E-state index contributed by atoms with van der Waals surface area (Å²) in [6.07, 6.45) is -8.07. The summed E-state index contributed by atoms with van der Waals surface area (Å²) >= 11 is 0. The maximum absolute atomic E-state index is 13.7. The van der Waals surface area contributed by atoms with Crippen molar-refractivity contribution in [1.29, 1.82) is 0 Å². The molecule has 1 heterocycles. The Bertz CT molecular complexity index is 1970. The zero-order valence-corrected chi connectivity index (χ0v) is 27.5. The number of hydrogen-bond donors (Lipinski definition) is 0. The van der Waals surface area contributed by atoms with Gasteiger partial charge in [0, 0.05) is 0 Å². The molecule has 11 nitrogen and oxygen atoms in total. The minimum absolute atomic E-state index is 0.125. The topological polar surface area (TPSA) is 141 Å². The van der Waals surface area contributed by atoms with Gasteiger partial charge in [0.25, 0.3) is 0 Å². The molecule has 5 atom stereocenters. The Labute approximate surface area is 298 Å². The molecule has 1 aliphatic heterocycles. The third kappa shape index (κ3) is 8.76. The van der Waals surface area contributed by atoms with Gasteiger partial charge in [-0.25, -0.2) is 24.0 Å². The van der Waals surface area contributed by atoms with E-state index in [2.05, 4.69) is 0 Å². The molecular formula is C41H32O11. The fourth-order valence-electron chi connectivity index (χ4n) is 5.37. The predicted octanol–water partition coefficient (Wildman–Crippen LogP) is 6.10. The van der Waals surface area contributed by atoms with E-state index in [9.17, 15) is 24.0 Å². The normalized spacial score (nSPS) is 19.3. The minimum Gasteiger partial charge on any atom is -0.459 e. The molecule has 0 unspecified atom stereocenters. The monoisotopic (exact) mass is 700 g/mol. The first kappa shape index (κ1) is 35.2. The predicted molar refractivity (Wildman–Crippen MR) is 184 cm³/mol. The highest BCUT2D eigenvalue weighted by Gasteiger charge is 2.54. The van der Waals surface area contributed by atoms with E-state index >= 15 is 0 Å². The lowest BCUT2D eigenvalue weighted by Crippen LogP contribution is -2.63. The Balaban J connectivity index is 1.41. The Kier molecular flexibility index (Phi) is 11.4. The molecule has 1 aliphatic rings. The maximum Gasteiger partial charge on any atom is 0.340 e. The van der Waals surface area contributed by atoms with E-state index in [-0.39, 0.29) is 27.8 Å². The third-order valence-electron chi connectivity index (χ3n) is 7.97. The molecule has 0 aliphatic carbocycles. The fourth-order valence-corrected chi connectivity index (χ4v) is 5.37. The van der Waals surface area contributed by atoms with Crippen LogP contribution in [0.3, 0.4) is 0 Å². The molecule has 5 aromatic carbocycles. The first-order chi connectivity index (χ1) is 25.4. The molecule has 0 amide bonds. The van der Waals surface area contributed by atoms with Crippen LogP contribution in [0.4, 0.5) is 0 Å². The lowest BCUT2D eigenvalue weighted by molar-refractivity contribution is -0.282. The standard InChI is InChI=1S/C41H32O11/c42-36(27-16-6-1-7-17-27)47-26-32-33(49-37(43)28-18-8-2-9-19-28)34(50-38(44)29-20-10-3-11-21-29)35(51-39(45)30-22-12-4-13-23-30)41(48-32)52-40(46)31-24-14-5-15-25-31/h1-25,32-35,41H,26H2/t32-,33-,34-,35-,41+/m1/s1. The van der Waals surface area contributed by atoms with Crippen LogP contribution in [0.5, 0.6) is 0 Å². The van der Waals surface area contributed by atoms with Gasteiger partial charge in [-0.15, -0.1) is 0 Å². The largest absolute Gasteiger partial charge is 0.459 e. The van der Waals surface area contributed by atoms with E-state index in [0.717, 1.165) is 0 Å². The molecule has 0 bridgehead atoms. The molecule has 262 valence electrons. The maximum atomic E-state index is 13.7. The minimum atomic E-state index is -1.75. The Morgan fingerprint density at radius 3 is 1.08 bits per heavy atom. The van der Waals surface area contributed by atoms with E-state index in [0.29, 0.717) is 0 Å². The van der Waals surface area contributed by atoms with Crippen LogP contribution in [-0.2, 0) is 28.4 Å². The summed E-state index contributed by atoms with van der Waals surface area (Å²) in [5, 5.41) is 0. The van der Waals surface area contributed by atoms with Gasteiger partial charge in [-0.1, -0.05) is 91.0 Å². The lowest BCUT2D eigenvalue weighted by atomic mass is 9.97. The van der Waals surface area contributed by atoms with E-state index < -0.39 is 67.2 Å². The zero-order valence-electron chi connectivity index (χ0n) is 27.5. The van der Waals surface area contributed by atoms with Crippen molar-refractivity contribution >= 4 is 29.8 Å². The van der Waals surface area contributed by atoms with Gasteiger partial charge in [0.1, 0.15) is 12.7 Å². The van der Waals surface area contributed by atoms with Crippen molar-refractivity contribution in [3.63, 3.8) is 0 Å². The van der Waals surface area contributed by atoms with Crippen LogP contribution in [0.1, 0.15) is 51.8 Å². The van der Waals surface area contributed by atoms with Crippen molar-refractivity contribution in [2.75, 3.05) is 6.61 Å². The van der Waals surface area contributed by atoms with Crippen LogP contribution in [0.15, 0.2) is 152 Å². The second-order valence-electron chi connectivity index (χ2n) is 11.5. The van der Waals surface area contributed by atoms with Crippen LogP contribution < -0.4 is 0 Å². The fraction of sp³-hybridized carbons (Fsp3) is 0.146. The van der Waals surface area contributed by atoms with Gasteiger partial charge in [-0.3, -0.25) is 0 Å². The van der Waals surface area contributed by atoms with Gasteiger partial charge >= 0.3 is 29.8 Å². The number of carbonyl (C=O) groups is 5. The SMILES string of the molecule is O=C(OC[C@H]1O[C@@H](OC(=O)c2ccccc2)[C@H](OC(=O)c2ccccc2)[C@H](OC(=O)c2ccccc2)[C@@H]1OC(=O)c1ccccc1)c1ccccc1. The number of esters is 5. The van der Waals surface area contributed by atoms with Gasteiger partial charge in [-0.2, -0.15) is 0 Å². The summed E-state index contributed by atoms with van der Waals surface area (Å²) < 4.78 is 35.5. The molecule has 52 heavy (non-hydrogen) atoms. The molecule has 11 heteroatoms. The van der Waals surface area contributed by atoms with Crippen LogP contribution in [0.25, 0.3) is 0 Å². The smallest absolute Gasteiger partial charge is 0.340 e. The summed E-state index contributed by atoms with van der Waals surface area (Å²) in [4.78, 5) is 67.4. The molecule has 1 fully saturated rings. The molecule has 0 radical (unpaired) electrons. The lowest BCUT2D eigenvalue weighted by Gasteiger charge is -2.43. The van der Waals surface area contributed by atoms with E-state index in [1.165, 1.54) is 48.5 Å². The van der Waals surface area contributed by atoms with E-state index in [1.807, 2.05) is 0 Å². The molecular weight excluding hydrogens is 668 g/mol. The van der Waals surface area contributed by atoms with Crippen molar-refractivity contribution in [3.05, 3.63) is 179 Å². The van der Waals surface area contributed by atoms with Crippen molar-refractivity contribution < 1.29 is 52.4 Å². The van der Waals surface area contributed by atoms with Crippen LogP contribution in [-0.4, -0.2) is 67.2 Å². The summed E-state index contributed by atoms with van der Waals surface area (Å²) in [6, 6.07) is 40.0. The highest BCUT2D eigenvalue weighted by atomic mass is 16.7. The second kappa shape index (κ2) is 16.9. The average Bonchev–Trinajstić information content (AvgIpc) is 3.20. The van der Waals surface area contributed by atoms with Crippen LogP contribution in [0.2, 0.25) is 0 Å². The Morgan fingerprint density at radius 2 is 0.692 bits per heavy atom. The van der Waals surface area contributed by atoms with Crippen molar-refractivity contribution in [2.45, 2.75) is 30.7 Å². The number of ether oxygens (including phenoxy) is 6. The first-order valence-electron chi connectivity index (χ1n) is 16.3. The third-order valence-corrected chi connectivity index (χ3v) is 7.97. The molecule has 0 aromatic heterocycles. The summed E-state index contributed by atoms with van der Waals surface area (Å²) in [5.74, 6) is -4.19. The van der Waals surface area contributed by atoms with E-state index in [4.69, 9.17) is 28.4 Å². The molecule has 6 rings (SSSR count). The van der Waals surface area contributed by atoms with Crippen molar-refractivity contribution in [1.82, 2.24) is 0 Å². The van der Waals surface area contributed by atoms with E-state index in [1.54, 1.807) is 103 Å². The van der Waals surface area contributed by atoms with Gasteiger partial charge < -0.3 is 28.4 Å². The molecule has 1 saturated heterocycles. The zero-order chi connectivity index (χ0) is 36.3.